The molecule has 1 N–H and O–H groups in total. The summed E-state index contributed by atoms with van der Waals surface area (Å²) in [5.74, 6) is 2.27. The van der Waals surface area contributed by atoms with Crippen LogP contribution in [0.5, 0.6) is 28.7 Å². The topological polar surface area (TPSA) is 75.3 Å². The van der Waals surface area contributed by atoms with E-state index in [0.717, 1.165) is 5.56 Å². The highest BCUT2D eigenvalue weighted by Gasteiger charge is 2.20. The maximum atomic E-state index is 12.8. The summed E-state index contributed by atoms with van der Waals surface area (Å²) in [5, 5.41) is 2.96. The van der Waals surface area contributed by atoms with Crippen LogP contribution in [0.4, 0.5) is 0 Å². The molecule has 0 saturated heterocycles. The molecule has 0 spiro atoms. The van der Waals surface area contributed by atoms with Crippen LogP contribution in [0, 0.1) is 0 Å². The molecule has 0 heterocycles. The Morgan fingerprint density at radius 1 is 0.821 bits per heavy atom. The van der Waals surface area contributed by atoms with Crippen molar-refractivity contribution in [1.82, 2.24) is 5.32 Å². The first-order valence-corrected chi connectivity index (χ1v) is 9.21. The lowest BCUT2D eigenvalue weighted by Crippen LogP contribution is -2.26. The van der Waals surface area contributed by atoms with Crippen LogP contribution < -0.4 is 29.0 Å². The number of methoxy groups -OCH3 is 5. The summed E-state index contributed by atoms with van der Waals surface area (Å²) in [6.07, 6.45) is 0. The van der Waals surface area contributed by atoms with Gasteiger partial charge in [0.05, 0.1) is 41.6 Å². The zero-order valence-electron chi connectivity index (χ0n) is 16.7. The van der Waals surface area contributed by atoms with Crippen molar-refractivity contribution in [2.24, 2.45) is 0 Å². The highest BCUT2D eigenvalue weighted by Crippen LogP contribution is 2.40. The van der Waals surface area contributed by atoms with Crippen LogP contribution in [-0.4, -0.2) is 41.5 Å². The molecule has 0 aliphatic carbocycles. The number of halogens is 1. The van der Waals surface area contributed by atoms with Crippen LogP contribution in [0.1, 0.15) is 28.9 Å². The zero-order valence-corrected chi connectivity index (χ0v) is 18.3. The minimum absolute atomic E-state index is 0.273. The molecule has 152 valence electrons. The van der Waals surface area contributed by atoms with Crippen LogP contribution in [-0.2, 0) is 0 Å². The van der Waals surface area contributed by atoms with Gasteiger partial charge in [0, 0.05) is 5.56 Å². The molecule has 2 aromatic rings. The molecule has 1 unspecified atom stereocenters. The predicted octanol–water partition coefficient (Wildman–Crippen LogP) is 3.98. The molecule has 1 amide bonds. The number of hydrogen-bond acceptors (Lipinski definition) is 6. The molecule has 0 aromatic heterocycles. The normalized spacial score (nSPS) is 11.4. The van der Waals surface area contributed by atoms with Gasteiger partial charge in [0.2, 0.25) is 5.75 Å². The van der Waals surface area contributed by atoms with E-state index < -0.39 is 0 Å². The van der Waals surface area contributed by atoms with Crippen molar-refractivity contribution in [3.05, 3.63) is 39.9 Å². The van der Waals surface area contributed by atoms with Crippen molar-refractivity contribution < 1.29 is 28.5 Å². The van der Waals surface area contributed by atoms with E-state index in [-0.39, 0.29) is 11.9 Å². The number of rotatable bonds is 8. The molecule has 8 heteroatoms. The lowest BCUT2D eigenvalue weighted by atomic mass is 10.1. The summed E-state index contributed by atoms with van der Waals surface area (Å²) < 4.78 is 27.3. The fourth-order valence-corrected chi connectivity index (χ4v) is 3.27. The molecule has 1 atom stereocenters. The van der Waals surface area contributed by atoms with Crippen molar-refractivity contribution in [3.8, 4) is 28.7 Å². The van der Waals surface area contributed by atoms with Gasteiger partial charge in [0.25, 0.3) is 5.91 Å². The Hall–Kier alpha value is -2.61. The molecule has 0 fully saturated rings. The number of nitrogens with one attached hydrogen (secondary N) is 1. The molecule has 2 rings (SSSR count). The lowest BCUT2D eigenvalue weighted by Gasteiger charge is -2.19. The van der Waals surface area contributed by atoms with Gasteiger partial charge in [-0.2, -0.15) is 0 Å². The first-order chi connectivity index (χ1) is 13.4. The summed E-state index contributed by atoms with van der Waals surface area (Å²) in [5.41, 5.74) is 1.22. The van der Waals surface area contributed by atoms with E-state index in [4.69, 9.17) is 23.7 Å². The van der Waals surface area contributed by atoms with Crippen LogP contribution >= 0.6 is 15.9 Å². The van der Waals surface area contributed by atoms with Crippen LogP contribution in [0.25, 0.3) is 0 Å². The van der Waals surface area contributed by atoms with Gasteiger partial charge in [0.1, 0.15) is 16.0 Å². The summed E-state index contributed by atoms with van der Waals surface area (Å²) in [4.78, 5) is 12.8. The second-order valence-electron chi connectivity index (χ2n) is 5.85. The zero-order chi connectivity index (χ0) is 20.8. The van der Waals surface area contributed by atoms with Crippen molar-refractivity contribution in [2.45, 2.75) is 13.0 Å². The molecular formula is C20H24BrNO6. The molecule has 0 saturated carbocycles. The van der Waals surface area contributed by atoms with Crippen LogP contribution in [0.2, 0.25) is 0 Å². The maximum Gasteiger partial charge on any atom is 0.252 e. The standard InChI is InChI=1S/C20H24BrNO6/c1-11(12-7-16(26-4)19(28-6)17(8-12)27-5)22-20(23)13-9-14(24-2)18(21)15(10-13)25-3/h7-11H,1-6H3,(H,22,23). The Kier molecular flexibility index (Phi) is 7.39. The van der Waals surface area contributed by atoms with E-state index in [1.54, 1.807) is 45.6 Å². The Bertz CT molecular complexity index is 805. The molecule has 7 nitrogen and oxygen atoms in total. The van der Waals surface area contributed by atoms with E-state index in [1.807, 2.05) is 6.92 Å². The van der Waals surface area contributed by atoms with Gasteiger partial charge in [-0.3, -0.25) is 4.79 Å². The van der Waals surface area contributed by atoms with Gasteiger partial charge < -0.3 is 29.0 Å². The number of carbonyl (C=O) groups excluding carboxylic acids is 1. The predicted molar refractivity (Wildman–Crippen MR) is 109 cm³/mol. The number of amides is 1. The van der Waals surface area contributed by atoms with Crippen molar-refractivity contribution >= 4 is 21.8 Å². The van der Waals surface area contributed by atoms with Crippen molar-refractivity contribution in [1.29, 1.82) is 0 Å². The van der Waals surface area contributed by atoms with Gasteiger partial charge in [0.15, 0.2) is 11.5 Å². The monoisotopic (exact) mass is 453 g/mol. The first-order valence-electron chi connectivity index (χ1n) is 8.42. The smallest absolute Gasteiger partial charge is 0.252 e. The Morgan fingerprint density at radius 2 is 1.29 bits per heavy atom. The molecule has 0 radical (unpaired) electrons. The van der Waals surface area contributed by atoms with Crippen molar-refractivity contribution in [3.63, 3.8) is 0 Å². The second kappa shape index (κ2) is 9.54. The SMILES string of the molecule is COc1cc(C(=O)NC(C)c2cc(OC)c(OC)c(OC)c2)cc(OC)c1Br. The average molecular weight is 454 g/mol. The number of ether oxygens (including phenoxy) is 5. The number of carbonyl (C=O) groups is 1. The minimum Gasteiger partial charge on any atom is -0.495 e. The fourth-order valence-electron chi connectivity index (χ4n) is 2.72. The fraction of sp³-hybridized carbons (Fsp3) is 0.350. The molecule has 0 aliphatic rings. The summed E-state index contributed by atoms with van der Waals surface area (Å²) in [6.45, 7) is 1.87. The van der Waals surface area contributed by atoms with E-state index in [2.05, 4.69) is 21.2 Å². The molecular weight excluding hydrogens is 430 g/mol. The second-order valence-corrected chi connectivity index (χ2v) is 6.64. The highest BCUT2D eigenvalue weighted by atomic mass is 79.9. The third kappa shape index (κ3) is 4.44. The molecule has 0 bridgehead atoms. The number of benzene rings is 2. The van der Waals surface area contributed by atoms with E-state index in [1.165, 1.54) is 14.2 Å². The average Bonchev–Trinajstić information content (AvgIpc) is 2.72. The lowest BCUT2D eigenvalue weighted by molar-refractivity contribution is 0.0939. The largest absolute Gasteiger partial charge is 0.495 e. The van der Waals surface area contributed by atoms with Crippen molar-refractivity contribution in [2.75, 3.05) is 35.5 Å². The summed E-state index contributed by atoms with van der Waals surface area (Å²) in [7, 11) is 7.69. The van der Waals surface area contributed by atoms with E-state index in [0.29, 0.717) is 38.8 Å². The molecule has 0 aliphatic heterocycles. The van der Waals surface area contributed by atoms with Gasteiger partial charge in [-0.05, 0) is 52.7 Å². The highest BCUT2D eigenvalue weighted by molar-refractivity contribution is 9.10. The third-order valence-corrected chi connectivity index (χ3v) is 5.02. The Balaban J connectivity index is 2.32. The Morgan fingerprint density at radius 3 is 1.68 bits per heavy atom. The molecule has 28 heavy (non-hydrogen) atoms. The van der Waals surface area contributed by atoms with E-state index >= 15 is 0 Å². The quantitative estimate of drug-likeness (QED) is 0.651. The van der Waals surface area contributed by atoms with E-state index in [9.17, 15) is 4.79 Å². The molecule has 2 aromatic carbocycles. The van der Waals surface area contributed by atoms with Gasteiger partial charge in [-0.15, -0.1) is 0 Å². The maximum absolute atomic E-state index is 12.8. The Labute approximate surface area is 173 Å². The van der Waals surface area contributed by atoms with Gasteiger partial charge in [-0.1, -0.05) is 0 Å². The summed E-state index contributed by atoms with van der Waals surface area (Å²) >= 11 is 3.40. The minimum atomic E-state index is -0.318. The number of hydrogen-bond donors (Lipinski definition) is 1. The third-order valence-electron chi connectivity index (χ3n) is 4.24. The van der Waals surface area contributed by atoms with Crippen LogP contribution in [0.3, 0.4) is 0 Å². The van der Waals surface area contributed by atoms with Crippen LogP contribution in [0.15, 0.2) is 28.7 Å². The summed E-state index contributed by atoms with van der Waals surface area (Å²) in [6, 6.07) is 6.57. The van der Waals surface area contributed by atoms with Gasteiger partial charge in [-0.25, -0.2) is 0 Å². The van der Waals surface area contributed by atoms with Gasteiger partial charge >= 0.3 is 0 Å². The first kappa shape index (κ1) is 21.7.